The molecular weight excluding hydrogens is 318 g/mol. The van der Waals surface area contributed by atoms with Gasteiger partial charge in [0.05, 0.1) is 6.54 Å². The number of carbonyl (C=O) groups excluding carboxylic acids is 2. The summed E-state index contributed by atoms with van der Waals surface area (Å²) >= 11 is 5.78. The van der Waals surface area contributed by atoms with E-state index in [0.29, 0.717) is 36.9 Å². The average Bonchev–Trinajstić information content (AvgIpc) is 3.08. The highest BCUT2D eigenvalue weighted by Gasteiger charge is 2.17. The molecule has 0 unspecified atom stereocenters. The number of hydrogen-bond acceptors (Lipinski definition) is 3. The second-order valence-electron chi connectivity index (χ2n) is 5.32. The zero-order valence-corrected chi connectivity index (χ0v) is 13.8. The molecule has 1 fully saturated rings. The van der Waals surface area contributed by atoms with Crippen molar-refractivity contribution in [3.8, 4) is 5.75 Å². The van der Waals surface area contributed by atoms with Crippen LogP contribution >= 0.6 is 11.6 Å². The van der Waals surface area contributed by atoms with Gasteiger partial charge in [0.1, 0.15) is 12.4 Å². The number of rotatable bonds is 7. The molecule has 3 amide bonds. The predicted molar refractivity (Wildman–Crippen MR) is 88.8 cm³/mol. The molecule has 0 spiro atoms. The summed E-state index contributed by atoms with van der Waals surface area (Å²) in [6.45, 7) is 2.77. The van der Waals surface area contributed by atoms with E-state index in [2.05, 4.69) is 10.6 Å². The molecule has 1 heterocycles. The first kappa shape index (κ1) is 17.4. The Balaban J connectivity index is 1.51. The summed E-state index contributed by atoms with van der Waals surface area (Å²) in [6.07, 6.45) is 2.50. The van der Waals surface area contributed by atoms with E-state index in [0.717, 1.165) is 25.9 Å². The fourth-order valence-corrected chi connectivity index (χ4v) is 2.46. The van der Waals surface area contributed by atoms with Crippen LogP contribution in [0.3, 0.4) is 0 Å². The van der Waals surface area contributed by atoms with Gasteiger partial charge >= 0.3 is 6.03 Å². The van der Waals surface area contributed by atoms with Gasteiger partial charge in [-0.2, -0.15) is 0 Å². The Kier molecular flexibility index (Phi) is 7.00. The highest BCUT2D eigenvalue weighted by atomic mass is 35.5. The topological polar surface area (TPSA) is 70.7 Å². The van der Waals surface area contributed by atoms with Crippen molar-refractivity contribution in [2.75, 3.05) is 32.8 Å². The molecule has 0 aliphatic carbocycles. The number of carbonyl (C=O) groups is 2. The zero-order chi connectivity index (χ0) is 16.5. The molecule has 2 N–H and O–H groups in total. The van der Waals surface area contributed by atoms with Gasteiger partial charge in [0, 0.05) is 31.1 Å². The van der Waals surface area contributed by atoms with Gasteiger partial charge in [-0.15, -0.1) is 0 Å². The molecule has 0 bridgehead atoms. The Hall–Kier alpha value is -1.95. The lowest BCUT2D eigenvalue weighted by Crippen LogP contribution is -2.39. The molecule has 2 rings (SSSR count). The molecule has 1 aromatic carbocycles. The Bertz CT molecular complexity index is 516. The molecular formula is C16H22ClN3O3. The highest BCUT2D eigenvalue weighted by Crippen LogP contribution is 2.15. The van der Waals surface area contributed by atoms with Crippen LogP contribution in [0.4, 0.5) is 4.79 Å². The predicted octanol–water partition coefficient (Wildman–Crippen LogP) is 2.03. The lowest BCUT2D eigenvalue weighted by Gasteiger charge is -2.15. The molecule has 6 nitrogen and oxygen atoms in total. The summed E-state index contributed by atoms with van der Waals surface area (Å²) in [5.74, 6) is 0.807. The van der Waals surface area contributed by atoms with E-state index in [1.54, 1.807) is 24.3 Å². The van der Waals surface area contributed by atoms with Crippen molar-refractivity contribution in [3.63, 3.8) is 0 Å². The van der Waals surface area contributed by atoms with Crippen LogP contribution in [0, 0.1) is 0 Å². The summed E-state index contributed by atoms with van der Waals surface area (Å²) in [4.78, 5) is 25.2. The SMILES string of the molecule is O=C(NCCOc1ccc(Cl)cc1)NCCC(=O)N1CCCC1. The number of ether oxygens (including phenoxy) is 1. The van der Waals surface area contributed by atoms with E-state index in [-0.39, 0.29) is 11.9 Å². The van der Waals surface area contributed by atoms with E-state index < -0.39 is 0 Å². The minimum absolute atomic E-state index is 0.105. The van der Waals surface area contributed by atoms with Crippen LogP contribution in [0.15, 0.2) is 24.3 Å². The second-order valence-corrected chi connectivity index (χ2v) is 5.76. The van der Waals surface area contributed by atoms with Crippen LogP contribution in [0.5, 0.6) is 5.75 Å². The highest BCUT2D eigenvalue weighted by molar-refractivity contribution is 6.30. The van der Waals surface area contributed by atoms with Crippen LogP contribution < -0.4 is 15.4 Å². The Morgan fingerprint density at radius 2 is 1.74 bits per heavy atom. The maximum Gasteiger partial charge on any atom is 0.314 e. The van der Waals surface area contributed by atoms with Gasteiger partial charge in [-0.1, -0.05) is 11.6 Å². The first-order chi connectivity index (χ1) is 11.1. The average molecular weight is 340 g/mol. The number of halogens is 1. The van der Waals surface area contributed by atoms with Crippen LogP contribution in [-0.2, 0) is 4.79 Å². The minimum atomic E-state index is -0.293. The van der Waals surface area contributed by atoms with E-state index in [4.69, 9.17) is 16.3 Å². The lowest BCUT2D eigenvalue weighted by molar-refractivity contribution is -0.129. The number of hydrogen-bond donors (Lipinski definition) is 2. The maximum absolute atomic E-state index is 11.8. The van der Waals surface area contributed by atoms with Crippen molar-refractivity contribution in [1.29, 1.82) is 0 Å². The van der Waals surface area contributed by atoms with Gasteiger partial charge in [-0.3, -0.25) is 4.79 Å². The van der Waals surface area contributed by atoms with E-state index in [9.17, 15) is 9.59 Å². The van der Waals surface area contributed by atoms with Crippen molar-refractivity contribution in [3.05, 3.63) is 29.3 Å². The number of likely N-dealkylation sites (tertiary alicyclic amines) is 1. The molecule has 0 radical (unpaired) electrons. The Morgan fingerprint density at radius 3 is 2.43 bits per heavy atom. The standard InChI is InChI=1S/C16H22ClN3O3/c17-13-3-5-14(6-4-13)23-12-9-19-16(22)18-8-7-15(21)20-10-1-2-11-20/h3-6H,1-2,7-12H2,(H2,18,19,22). The number of amides is 3. The first-order valence-corrected chi connectivity index (χ1v) is 8.21. The van der Waals surface area contributed by atoms with Crippen molar-refractivity contribution >= 4 is 23.5 Å². The minimum Gasteiger partial charge on any atom is -0.492 e. The van der Waals surface area contributed by atoms with Gasteiger partial charge in [0.2, 0.25) is 5.91 Å². The van der Waals surface area contributed by atoms with Crippen molar-refractivity contribution < 1.29 is 14.3 Å². The van der Waals surface area contributed by atoms with Crippen LogP contribution in [0.25, 0.3) is 0 Å². The third-order valence-electron chi connectivity index (χ3n) is 3.55. The normalized spacial score (nSPS) is 13.7. The van der Waals surface area contributed by atoms with Crippen LogP contribution in [0.2, 0.25) is 5.02 Å². The van der Waals surface area contributed by atoms with Crippen molar-refractivity contribution in [1.82, 2.24) is 15.5 Å². The molecule has 0 saturated carbocycles. The number of benzene rings is 1. The fraction of sp³-hybridized carbons (Fsp3) is 0.500. The van der Waals surface area contributed by atoms with E-state index >= 15 is 0 Å². The quantitative estimate of drug-likeness (QED) is 0.747. The van der Waals surface area contributed by atoms with E-state index in [1.807, 2.05) is 4.90 Å². The van der Waals surface area contributed by atoms with Crippen LogP contribution in [-0.4, -0.2) is 49.6 Å². The van der Waals surface area contributed by atoms with Crippen molar-refractivity contribution in [2.45, 2.75) is 19.3 Å². The molecule has 7 heteroatoms. The van der Waals surface area contributed by atoms with Gasteiger partial charge in [-0.05, 0) is 37.1 Å². The van der Waals surface area contributed by atoms with E-state index in [1.165, 1.54) is 0 Å². The molecule has 1 aromatic rings. The number of nitrogens with zero attached hydrogens (tertiary/aromatic N) is 1. The molecule has 0 atom stereocenters. The monoisotopic (exact) mass is 339 g/mol. The molecule has 23 heavy (non-hydrogen) atoms. The Morgan fingerprint density at radius 1 is 1.09 bits per heavy atom. The summed E-state index contributed by atoms with van der Waals surface area (Å²) in [5.41, 5.74) is 0. The zero-order valence-electron chi connectivity index (χ0n) is 13.0. The van der Waals surface area contributed by atoms with Gasteiger partial charge in [0.15, 0.2) is 0 Å². The number of urea groups is 1. The Labute approximate surface area is 141 Å². The summed E-state index contributed by atoms with van der Waals surface area (Å²) in [5, 5.41) is 6.01. The summed E-state index contributed by atoms with van der Waals surface area (Å²) < 4.78 is 5.46. The van der Waals surface area contributed by atoms with Gasteiger partial charge in [-0.25, -0.2) is 4.79 Å². The summed E-state index contributed by atoms with van der Waals surface area (Å²) in [7, 11) is 0. The second kappa shape index (κ2) is 9.25. The lowest BCUT2D eigenvalue weighted by atomic mass is 10.3. The van der Waals surface area contributed by atoms with Gasteiger partial charge in [0.25, 0.3) is 0 Å². The van der Waals surface area contributed by atoms with Gasteiger partial charge < -0.3 is 20.3 Å². The molecule has 1 saturated heterocycles. The third-order valence-corrected chi connectivity index (χ3v) is 3.81. The first-order valence-electron chi connectivity index (χ1n) is 7.83. The van der Waals surface area contributed by atoms with Crippen LogP contribution in [0.1, 0.15) is 19.3 Å². The molecule has 1 aliphatic heterocycles. The van der Waals surface area contributed by atoms with Crippen molar-refractivity contribution in [2.24, 2.45) is 0 Å². The summed E-state index contributed by atoms with van der Waals surface area (Å²) in [6, 6.07) is 6.74. The fourth-order valence-electron chi connectivity index (χ4n) is 2.33. The molecule has 126 valence electrons. The maximum atomic E-state index is 11.8. The molecule has 0 aromatic heterocycles. The number of nitrogens with one attached hydrogen (secondary N) is 2. The smallest absolute Gasteiger partial charge is 0.314 e. The molecule has 1 aliphatic rings. The third kappa shape index (κ3) is 6.36. The largest absolute Gasteiger partial charge is 0.492 e.